The lowest BCUT2D eigenvalue weighted by Gasteiger charge is -2.33. The molecule has 0 saturated carbocycles. The summed E-state index contributed by atoms with van der Waals surface area (Å²) in [5.41, 5.74) is -4.85. The normalized spacial score (nSPS) is 16.0. The predicted molar refractivity (Wildman–Crippen MR) is 117 cm³/mol. The number of hydrogen-bond donors (Lipinski definition) is 1. The van der Waals surface area contributed by atoms with Crippen molar-refractivity contribution in [3.63, 3.8) is 0 Å². The van der Waals surface area contributed by atoms with Crippen molar-refractivity contribution in [1.29, 1.82) is 0 Å². The zero-order chi connectivity index (χ0) is 27.2. The van der Waals surface area contributed by atoms with E-state index in [9.17, 15) is 31.9 Å². The summed E-state index contributed by atoms with van der Waals surface area (Å²) in [6.07, 6.45) is -5.54. The molecule has 1 atom stereocenters. The minimum absolute atomic E-state index is 0.0158. The Morgan fingerprint density at radius 2 is 1.69 bits per heavy atom. The first-order chi connectivity index (χ1) is 16.9. The highest BCUT2D eigenvalue weighted by Gasteiger charge is 2.47. The largest absolute Gasteiger partial charge is 0.469 e. The maximum Gasteiger partial charge on any atom is 0.418 e. The highest BCUT2D eigenvalue weighted by atomic mass is 35.5. The lowest BCUT2D eigenvalue weighted by Crippen LogP contribution is -2.36. The number of ether oxygens (including phenoxy) is 3. The van der Waals surface area contributed by atoms with Crippen molar-refractivity contribution in [3.05, 3.63) is 56.6 Å². The molecule has 198 valence electrons. The molecule has 36 heavy (non-hydrogen) atoms. The highest BCUT2D eigenvalue weighted by molar-refractivity contribution is 6.31. The molecule has 1 aromatic carbocycles. The molecule has 1 heterocycles. The van der Waals surface area contributed by atoms with Crippen LogP contribution >= 0.6 is 11.6 Å². The molecule has 7 nitrogen and oxygen atoms in total. The van der Waals surface area contributed by atoms with Crippen LogP contribution in [-0.4, -0.2) is 45.4 Å². The molecule has 0 radical (unpaired) electrons. The van der Waals surface area contributed by atoms with Crippen LogP contribution in [-0.2, 0) is 34.8 Å². The Bertz CT molecular complexity index is 1100. The number of alkyl halides is 4. The summed E-state index contributed by atoms with van der Waals surface area (Å²) in [6.45, 7) is -0.200. The molecule has 0 spiro atoms. The molecular formula is C23H23ClF5NO6. The first-order valence-corrected chi connectivity index (χ1v) is 11.0. The second kappa shape index (κ2) is 12.2. The SMILES string of the molecule is CCOC(=O)C1=C(CCCC(=O)OC)NC(CF)=C(C(=O)OC)C1c1c(F)ccc(Cl)c1C(F)(F)F. The second-order valence-electron chi connectivity index (χ2n) is 7.43. The van der Waals surface area contributed by atoms with Gasteiger partial charge in [0.25, 0.3) is 0 Å². The van der Waals surface area contributed by atoms with Gasteiger partial charge in [-0.15, -0.1) is 0 Å². The summed E-state index contributed by atoms with van der Waals surface area (Å²) in [6, 6.07) is 1.31. The quantitative estimate of drug-likeness (QED) is 0.275. The summed E-state index contributed by atoms with van der Waals surface area (Å²) in [5, 5.41) is 1.63. The number of esters is 3. The van der Waals surface area contributed by atoms with Crippen LogP contribution in [0.3, 0.4) is 0 Å². The van der Waals surface area contributed by atoms with Gasteiger partial charge < -0.3 is 19.5 Å². The van der Waals surface area contributed by atoms with E-state index in [2.05, 4.69) is 14.8 Å². The van der Waals surface area contributed by atoms with Crippen LogP contribution in [0.5, 0.6) is 0 Å². The fourth-order valence-electron chi connectivity index (χ4n) is 3.85. The van der Waals surface area contributed by atoms with Gasteiger partial charge >= 0.3 is 24.1 Å². The molecule has 1 N–H and O–H groups in total. The Labute approximate surface area is 208 Å². The van der Waals surface area contributed by atoms with Gasteiger partial charge in [-0.05, 0) is 31.9 Å². The van der Waals surface area contributed by atoms with Gasteiger partial charge in [0, 0.05) is 17.7 Å². The smallest absolute Gasteiger partial charge is 0.418 e. The number of rotatable bonds is 9. The van der Waals surface area contributed by atoms with Crippen molar-refractivity contribution in [1.82, 2.24) is 5.32 Å². The summed E-state index contributed by atoms with van der Waals surface area (Å²) in [7, 11) is 2.04. The average molecular weight is 540 g/mol. The Morgan fingerprint density at radius 1 is 1.06 bits per heavy atom. The zero-order valence-corrected chi connectivity index (χ0v) is 20.2. The van der Waals surface area contributed by atoms with E-state index < -0.39 is 75.5 Å². The van der Waals surface area contributed by atoms with E-state index in [1.165, 1.54) is 6.92 Å². The fraction of sp³-hybridized carbons (Fsp3) is 0.435. The number of allylic oxidation sites excluding steroid dienone is 2. The number of dihydropyridines is 1. The molecule has 13 heteroatoms. The Morgan fingerprint density at radius 3 is 2.22 bits per heavy atom. The van der Waals surface area contributed by atoms with Gasteiger partial charge in [0.05, 0.1) is 54.2 Å². The van der Waals surface area contributed by atoms with Gasteiger partial charge in [-0.1, -0.05) is 11.6 Å². The lowest BCUT2D eigenvalue weighted by atomic mass is 9.77. The van der Waals surface area contributed by atoms with E-state index in [4.69, 9.17) is 16.3 Å². The third-order valence-electron chi connectivity index (χ3n) is 5.31. The number of benzene rings is 1. The summed E-state index contributed by atoms with van der Waals surface area (Å²) >= 11 is 5.80. The van der Waals surface area contributed by atoms with Gasteiger partial charge in [0.2, 0.25) is 0 Å². The Kier molecular flexibility index (Phi) is 9.85. The summed E-state index contributed by atoms with van der Waals surface area (Å²) in [5.74, 6) is -6.64. The molecular weight excluding hydrogens is 517 g/mol. The lowest BCUT2D eigenvalue weighted by molar-refractivity contribution is -0.141. The first kappa shape index (κ1) is 29.1. The molecule has 1 aliphatic rings. The van der Waals surface area contributed by atoms with Crippen molar-refractivity contribution >= 4 is 29.5 Å². The van der Waals surface area contributed by atoms with Gasteiger partial charge in [-0.25, -0.2) is 18.4 Å². The monoisotopic (exact) mass is 539 g/mol. The summed E-state index contributed by atoms with van der Waals surface area (Å²) < 4.78 is 85.7. The van der Waals surface area contributed by atoms with Crippen molar-refractivity contribution < 1.29 is 50.5 Å². The zero-order valence-electron chi connectivity index (χ0n) is 19.5. The van der Waals surface area contributed by atoms with Crippen LogP contribution < -0.4 is 5.32 Å². The molecule has 0 amide bonds. The van der Waals surface area contributed by atoms with Gasteiger partial charge in [-0.3, -0.25) is 4.79 Å². The van der Waals surface area contributed by atoms with Gasteiger partial charge in [-0.2, -0.15) is 13.2 Å². The number of methoxy groups -OCH3 is 2. The number of hydrogen-bond acceptors (Lipinski definition) is 7. The van der Waals surface area contributed by atoms with E-state index in [1.807, 2.05) is 0 Å². The molecule has 1 aromatic rings. The Balaban J connectivity index is 2.94. The molecule has 1 aliphatic heterocycles. The maximum absolute atomic E-state index is 15.2. The number of halogens is 6. The third-order valence-corrected chi connectivity index (χ3v) is 5.63. The van der Waals surface area contributed by atoms with E-state index in [0.29, 0.717) is 12.1 Å². The molecule has 2 rings (SSSR count). The van der Waals surface area contributed by atoms with E-state index in [-0.39, 0.29) is 31.6 Å². The first-order valence-electron chi connectivity index (χ1n) is 10.6. The Hall–Kier alpha value is -3.15. The fourth-order valence-corrected chi connectivity index (χ4v) is 4.12. The molecule has 0 aliphatic carbocycles. The third kappa shape index (κ3) is 6.15. The molecule has 0 aromatic heterocycles. The standard InChI is InChI=1S/C23H23ClF5NO6/c1-4-36-22(33)17-13(6-5-7-15(31)34-2)30-14(10-25)18(21(32)35-3)19(17)16-12(26)9-8-11(24)20(16)23(27,28)29/h8-9,19,30H,4-7,10H2,1-3H3. The maximum atomic E-state index is 15.2. The van der Waals surface area contributed by atoms with Crippen LogP contribution in [0.25, 0.3) is 0 Å². The van der Waals surface area contributed by atoms with Gasteiger partial charge in [0.15, 0.2) is 0 Å². The minimum atomic E-state index is -5.22. The molecule has 0 fully saturated rings. The summed E-state index contributed by atoms with van der Waals surface area (Å²) in [4.78, 5) is 37.3. The van der Waals surface area contributed by atoms with Crippen molar-refractivity contribution in [2.45, 2.75) is 38.3 Å². The van der Waals surface area contributed by atoms with Crippen molar-refractivity contribution in [2.75, 3.05) is 27.5 Å². The van der Waals surface area contributed by atoms with E-state index >= 15 is 4.39 Å². The topological polar surface area (TPSA) is 90.9 Å². The minimum Gasteiger partial charge on any atom is -0.469 e. The van der Waals surface area contributed by atoms with Crippen LogP contribution in [0.4, 0.5) is 22.0 Å². The van der Waals surface area contributed by atoms with Crippen LogP contribution in [0.1, 0.15) is 43.2 Å². The van der Waals surface area contributed by atoms with E-state index in [0.717, 1.165) is 14.2 Å². The number of carbonyl (C=O) groups is 3. The van der Waals surface area contributed by atoms with E-state index in [1.54, 1.807) is 0 Å². The van der Waals surface area contributed by atoms with Gasteiger partial charge in [0.1, 0.15) is 12.5 Å². The van der Waals surface area contributed by atoms with Crippen LogP contribution in [0.2, 0.25) is 5.02 Å². The second-order valence-corrected chi connectivity index (χ2v) is 7.84. The predicted octanol–water partition coefficient (Wildman–Crippen LogP) is 4.74. The molecule has 0 saturated heterocycles. The van der Waals surface area contributed by atoms with Crippen LogP contribution in [0.15, 0.2) is 34.7 Å². The molecule has 1 unspecified atom stereocenters. The van der Waals surface area contributed by atoms with Crippen molar-refractivity contribution in [3.8, 4) is 0 Å². The highest BCUT2D eigenvalue weighted by Crippen LogP contribution is 2.48. The average Bonchev–Trinajstić information content (AvgIpc) is 2.82. The number of nitrogens with one attached hydrogen (secondary N) is 1. The van der Waals surface area contributed by atoms with Crippen molar-refractivity contribution in [2.24, 2.45) is 0 Å². The van der Waals surface area contributed by atoms with Crippen LogP contribution in [0, 0.1) is 5.82 Å². The molecule has 0 bridgehead atoms. The number of carbonyl (C=O) groups excluding carboxylic acids is 3.